The number of nitrogens with one attached hydrogen (secondary N) is 2. The van der Waals surface area contributed by atoms with E-state index in [1.807, 2.05) is 0 Å². The van der Waals surface area contributed by atoms with E-state index in [0.29, 0.717) is 27.0 Å². The van der Waals surface area contributed by atoms with Gasteiger partial charge in [0.25, 0.3) is 0 Å². The zero-order valence-electron chi connectivity index (χ0n) is 15.6. The normalized spacial score (nSPS) is 11.8. The Morgan fingerprint density at radius 3 is 2.62 bits per heavy atom. The molecule has 3 rings (SSSR count). The van der Waals surface area contributed by atoms with Gasteiger partial charge in [0, 0.05) is 23.4 Å². The molecule has 2 N–H and O–H groups in total. The number of aryl methyl sites for hydroxylation is 1. The van der Waals surface area contributed by atoms with Crippen molar-refractivity contribution in [2.24, 2.45) is 0 Å². The molecule has 0 aliphatic rings. The Labute approximate surface area is 177 Å². The van der Waals surface area contributed by atoms with Crippen molar-refractivity contribution < 1.29 is 17.7 Å². The molecule has 0 spiro atoms. The summed E-state index contributed by atoms with van der Waals surface area (Å²) in [6, 6.07) is 10.2. The number of hydrogen-bond donors (Lipinski definition) is 2. The Kier molecular flexibility index (Phi) is 6.53. The quantitative estimate of drug-likeness (QED) is 0.557. The van der Waals surface area contributed by atoms with E-state index >= 15 is 0 Å². The third-order valence-electron chi connectivity index (χ3n) is 3.84. The summed E-state index contributed by atoms with van der Waals surface area (Å²) in [5, 5.41) is 7.09. The second kappa shape index (κ2) is 8.91. The number of sulfonamides is 1. The monoisotopic (exact) mass is 451 g/mol. The lowest BCUT2D eigenvalue weighted by Crippen LogP contribution is -2.22. The highest BCUT2D eigenvalue weighted by atomic mass is 35.5. The molecule has 0 aliphatic carbocycles. The summed E-state index contributed by atoms with van der Waals surface area (Å²) in [5.41, 5.74) is 1.85. The van der Waals surface area contributed by atoms with E-state index in [0.717, 1.165) is 16.9 Å². The van der Waals surface area contributed by atoms with Crippen LogP contribution < -0.4 is 10.0 Å². The maximum Gasteiger partial charge on any atom is 0.250 e. The molecular formula is C19H18ClN3O4S2. The van der Waals surface area contributed by atoms with E-state index in [4.69, 9.17) is 16.1 Å². The summed E-state index contributed by atoms with van der Waals surface area (Å²) in [6.07, 6.45) is 3.34. The Morgan fingerprint density at radius 2 is 1.93 bits per heavy atom. The maximum atomic E-state index is 12.5. The number of carbonyl (C=O) groups excluding carboxylic acids is 1. The Morgan fingerprint density at radius 1 is 1.21 bits per heavy atom. The van der Waals surface area contributed by atoms with Crippen molar-refractivity contribution in [1.82, 2.24) is 9.88 Å². The van der Waals surface area contributed by atoms with Gasteiger partial charge in [0.05, 0.1) is 0 Å². The van der Waals surface area contributed by atoms with Gasteiger partial charge in [-0.1, -0.05) is 28.9 Å². The van der Waals surface area contributed by atoms with Crippen LogP contribution in [-0.2, 0) is 21.4 Å². The number of thiophene rings is 1. The molecule has 0 unspecified atom stereocenters. The van der Waals surface area contributed by atoms with E-state index in [-0.39, 0.29) is 16.7 Å². The number of halogens is 1. The lowest BCUT2D eigenvalue weighted by Gasteiger charge is -2.04. The zero-order chi connectivity index (χ0) is 21.0. The lowest BCUT2D eigenvalue weighted by atomic mass is 10.2. The average Bonchev–Trinajstić information content (AvgIpc) is 3.28. The number of anilines is 1. The number of benzene rings is 1. The first-order chi connectivity index (χ1) is 13.7. The highest BCUT2D eigenvalue weighted by Crippen LogP contribution is 2.26. The minimum absolute atomic E-state index is 0.167. The highest BCUT2D eigenvalue weighted by Gasteiger charge is 2.16. The molecule has 1 amide bonds. The summed E-state index contributed by atoms with van der Waals surface area (Å²) < 4.78 is 33.0. The molecule has 0 atom stereocenters. The minimum Gasteiger partial charge on any atom is -0.354 e. The van der Waals surface area contributed by atoms with Gasteiger partial charge in [-0.05, 0) is 48.9 Å². The predicted molar refractivity (Wildman–Crippen MR) is 114 cm³/mol. The largest absolute Gasteiger partial charge is 0.354 e. The van der Waals surface area contributed by atoms with Gasteiger partial charge in [-0.2, -0.15) is 0 Å². The molecule has 3 aromatic rings. The maximum absolute atomic E-state index is 12.5. The van der Waals surface area contributed by atoms with Crippen LogP contribution in [0.25, 0.3) is 12.2 Å². The summed E-state index contributed by atoms with van der Waals surface area (Å²) in [7, 11) is -3.64. The summed E-state index contributed by atoms with van der Waals surface area (Å²) >= 11 is 6.95. The fourth-order valence-corrected chi connectivity index (χ4v) is 4.82. The van der Waals surface area contributed by atoms with Gasteiger partial charge in [0.15, 0.2) is 5.76 Å². The van der Waals surface area contributed by atoms with Gasteiger partial charge in [0.2, 0.25) is 15.9 Å². The summed E-state index contributed by atoms with van der Waals surface area (Å²) in [6.45, 7) is 3.28. The van der Waals surface area contributed by atoms with Gasteiger partial charge < -0.3 is 9.84 Å². The van der Waals surface area contributed by atoms with Crippen molar-refractivity contribution in [3.8, 4) is 0 Å². The van der Waals surface area contributed by atoms with Crippen molar-refractivity contribution in [2.75, 3.05) is 5.32 Å². The fourth-order valence-electron chi connectivity index (χ4n) is 2.41. The van der Waals surface area contributed by atoms with E-state index in [1.165, 1.54) is 13.0 Å². The Balaban J connectivity index is 1.70. The van der Waals surface area contributed by atoms with E-state index in [2.05, 4.69) is 15.2 Å². The van der Waals surface area contributed by atoms with E-state index < -0.39 is 10.0 Å². The predicted octanol–water partition coefficient (Wildman–Crippen LogP) is 4.31. The Hall–Kier alpha value is -2.46. The van der Waals surface area contributed by atoms with Crippen molar-refractivity contribution in [2.45, 2.75) is 24.6 Å². The van der Waals surface area contributed by atoms with Crippen molar-refractivity contribution in [3.05, 3.63) is 63.3 Å². The van der Waals surface area contributed by atoms with Crippen LogP contribution in [-0.4, -0.2) is 19.5 Å². The van der Waals surface area contributed by atoms with Crippen molar-refractivity contribution >= 4 is 56.7 Å². The van der Waals surface area contributed by atoms with Crippen LogP contribution in [0.4, 0.5) is 5.69 Å². The van der Waals surface area contributed by atoms with Gasteiger partial charge in [-0.15, -0.1) is 11.3 Å². The molecule has 0 bridgehead atoms. The average molecular weight is 452 g/mol. The van der Waals surface area contributed by atoms with Gasteiger partial charge >= 0.3 is 0 Å². The van der Waals surface area contributed by atoms with Crippen LogP contribution in [0.5, 0.6) is 0 Å². The van der Waals surface area contributed by atoms with Gasteiger partial charge in [-0.3, -0.25) is 4.79 Å². The zero-order valence-corrected chi connectivity index (χ0v) is 18.0. The van der Waals surface area contributed by atoms with Crippen molar-refractivity contribution in [1.29, 1.82) is 0 Å². The minimum atomic E-state index is -3.64. The number of amides is 1. The molecular weight excluding hydrogens is 434 g/mol. The first-order valence-electron chi connectivity index (χ1n) is 8.50. The van der Waals surface area contributed by atoms with Crippen molar-refractivity contribution in [3.63, 3.8) is 0 Å². The molecule has 2 aromatic heterocycles. The smallest absolute Gasteiger partial charge is 0.250 e. The highest BCUT2D eigenvalue weighted by molar-refractivity contribution is 7.91. The van der Waals surface area contributed by atoms with E-state index in [1.54, 1.807) is 49.4 Å². The number of aromatic nitrogens is 1. The molecule has 1 aromatic carbocycles. The third kappa shape index (κ3) is 5.54. The van der Waals surface area contributed by atoms with Crippen LogP contribution in [0.3, 0.4) is 0 Å². The summed E-state index contributed by atoms with van der Waals surface area (Å²) in [5.74, 6) is 0.151. The van der Waals surface area contributed by atoms with Crippen LogP contribution in [0.15, 0.2) is 45.1 Å². The van der Waals surface area contributed by atoms with Crippen LogP contribution in [0.2, 0.25) is 5.02 Å². The first kappa shape index (κ1) is 21.3. The second-order valence-corrected chi connectivity index (χ2v) is 9.68. The van der Waals surface area contributed by atoms with Gasteiger partial charge in [-0.25, -0.2) is 13.1 Å². The van der Waals surface area contributed by atoms with Crippen LogP contribution >= 0.6 is 22.9 Å². The fraction of sp³-hybridized carbons (Fsp3) is 0.158. The molecule has 7 nitrogen and oxygen atoms in total. The Bertz CT molecular complexity index is 1150. The SMILES string of the molecule is CC(=O)Nc1c(C)noc1/C=C/c1ccc(S(=O)(=O)NCc2ccc(Cl)cc2)s1. The molecule has 152 valence electrons. The topological polar surface area (TPSA) is 101 Å². The molecule has 29 heavy (non-hydrogen) atoms. The third-order valence-corrected chi connectivity index (χ3v) is 7.03. The van der Waals surface area contributed by atoms with Gasteiger partial charge in [0.1, 0.15) is 15.6 Å². The number of rotatable bonds is 7. The lowest BCUT2D eigenvalue weighted by molar-refractivity contribution is -0.114. The standard InChI is InChI=1S/C19H18ClN3O4S2/c1-12-19(22-13(2)24)17(27-23-12)9-7-16-8-10-18(28-16)29(25,26)21-11-14-3-5-15(20)6-4-14/h3-10,21H,11H2,1-2H3,(H,22,24)/b9-7+. The number of hydrogen-bond acceptors (Lipinski definition) is 6. The molecule has 0 aliphatic heterocycles. The second-order valence-electron chi connectivity index (χ2n) is 6.13. The first-order valence-corrected chi connectivity index (χ1v) is 11.2. The van der Waals surface area contributed by atoms with Crippen LogP contribution in [0.1, 0.15) is 28.8 Å². The molecule has 10 heteroatoms. The summed E-state index contributed by atoms with van der Waals surface area (Å²) in [4.78, 5) is 12.0. The molecule has 0 fully saturated rings. The number of carbonyl (C=O) groups is 1. The number of nitrogens with zero attached hydrogens (tertiary/aromatic N) is 1. The molecule has 0 saturated carbocycles. The van der Waals surface area contributed by atoms with Crippen LogP contribution in [0, 0.1) is 6.92 Å². The molecule has 0 radical (unpaired) electrons. The molecule has 0 saturated heterocycles. The molecule has 2 heterocycles. The van der Waals surface area contributed by atoms with E-state index in [9.17, 15) is 13.2 Å².